The van der Waals surface area contributed by atoms with Crippen molar-refractivity contribution in [3.05, 3.63) is 28.8 Å². The topological polar surface area (TPSA) is 20.2 Å². The van der Waals surface area contributed by atoms with E-state index in [2.05, 4.69) is 15.9 Å². The zero-order chi connectivity index (χ0) is 5.98. The molecule has 1 rings (SSSR count). The largest absolute Gasteiger partial charge is 0.512 e. The van der Waals surface area contributed by atoms with E-state index in [4.69, 9.17) is 5.11 Å². The van der Waals surface area contributed by atoms with Gasteiger partial charge in [-0.05, 0) is 23.1 Å². The molecule has 0 heterocycles. The number of hydrogen-bond donors (Lipinski definition) is 1. The minimum Gasteiger partial charge on any atom is -0.512 e. The highest BCUT2D eigenvalue weighted by molar-refractivity contribution is 9.11. The first-order valence-electron chi connectivity index (χ1n) is 2.37. The third-order valence-electron chi connectivity index (χ3n) is 0.941. The molecule has 1 N–H and O–H groups in total. The SMILES string of the molecule is OC1=CC=C(Br)C[CH]1. The van der Waals surface area contributed by atoms with Gasteiger partial charge in [0, 0.05) is 6.42 Å². The van der Waals surface area contributed by atoms with Gasteiger partial charge in [0.2, 0.25) is 0 Å². The van der Waals surface area contributed by atoms with Gasteiger partial charge in [0.15, 0.2) is 0 Å². The number of rotatable bonds is 0. The lowest BCUT2D eigenvalue weighted by atomic mass is 10.2. The van der Waals surface area contributed by atoms with Crippen LogP contribution in [0.3, 0.4) is 0 Å². The van der Waals surface area contributed by atoms with Crippen LogP contribution in [0.2, 0.25) is 0 Å². The predicted octanol–water partition coefficient (Wildman–Crippen LogP) is 2.32. The molecule has 8 heavy (non-hydrogen) atoms. The maximum atomic E-state index is 8.77. The molecule has 0 aliphatic heterocycles. The molecule has 1 aliphatic rings. The lowest BCUT2D eigenvalue weighted by Crippen LogP contribution is -1.87. The molecule has 0 aromatic heterocycles. The summed E-state index contributed by atoms with van der Waals surface area (Å²) in [6.07, 6.45) is 6.06. The highest BCUT2D eigenvalue weighted by Crippen LogP contribution is 2.19. The summed E-state index contributed by atoms with van der Waals surface area (Å²) < 4.78 is 1.11. The fourth-order valence-corrected chi connectivity index (χ4v) is 0.808. The van der Waals surface area contributed by atoms with Crippen LogP contribution in [0.25, 0.3) is 0 Å². The lowest BCUT2D eigenvalue weighted by molar-refractivity contribution is 0.417. The quantitative estimate of drug-likeness (QED) is 0.597. The molecule has 2 heteroatoms. The van der Waals surface area contributed by atoms with Gasteiger partial charge in [-0.1, -0.05) is 15.9 Å². The van der Waals surface area contributed by atoms with Gasteiger partial charge in [0.1, 0.15) is 0 Å². The molecule has 0 unspecified atom stereocenters. The maximum absolute atomic E-state index is 8.77. The Morgan fingerprint density at radius 1 is 1.50 bits per heavy atom. The average Bonchev–Trinajstić information content (AvgIpc) is 1.77. The molecule has 0 saturated heterocycles. The fraction of sp³-hybridized carbons (Fsp3) is 0.167. The van der Waals surface area contributed by atoms with Gasteiger partial charge in [-0.25, -0.2) is 0 Å². The van der Waals surface area contributed by atoms with Crippen molar-refractivity contribution in [1.82, 2.24) is 0 Å². The van der Waals surface area contributed by atoms with Crippen LogP contribution < -0.4 is 0 Å². The van der Waals surface area contributed by atoms with Gasteiger partial charge in [-0.2, -0.15) is 0 Å². The molecule has 0 spiro atoms. The summed E-state index contributed by atoms with van der Waals surface area (Å²) in [6, 6.07) is 0. The van der Waals surface area contributed by atoms with Crippen molar-refractivity contribution >= 4 is 15.9 Å². The van der Waals surface area contributed by atoms with E-state index < -0.39 is 0 Å². The van der Waals surface area contributed by atoms with Crippen molar-refractivity contribution in [2.75, 3.05) is 0 Å². The van der Waals surface area contributed by atoms with Crippen LogP contribution in [0.4, 0.5) is 0 Å². The minimum absolute atomic E-state index is 0.355. The highest BCUT2D eigenvalue weighted by Gasteiger charge is 2.00. The highest BCUT2D eigenvalue weighted by atomic mass is 79.9. The summed E-state index contributed by atoms with van der Waals surface area (Å²) in [5.41, 5.74) is 0. The van der Waals surface area contributed by atoms with Crippen molar-refractivity contribution < 1.29 is 5.11 Å². The first-order valence-corrected chi connectivity index (χ1v) is 3.17. The minimum atomic E-state index is 0.355. The Kier molecular flexibility index (Phi) is 1.73. The van der Waals surface area contributed by atoms with Crippen molar-refractivity contribution in [2.24, 2.45) is 0 Å². The number of aliphatic hydroxyl groups excluding tert-OH is 1. The van der Waals surface area contributed by atoms with Gasteiger partial charge in [0.05, 0.1) is 5.76 Å². The Hall–Kier alpha value is -0.240. The monoisotopic (exact) mass is 173 g/mol. The molecule has 0 fully saturated rings. The number of halogens is 1. The van der Waals surface area contributed by atoms with E-state index in [-0.39, 0.29) is 0 Å². The summed E-state index contributed by atoms with van der Waals surface area (Å²) >= 11 is 3.29. The molecule has 0 saturated carbocycles. The predicted molar refractivity (Wildman–Crippen MR) is 36.6 cm³/mol. The molecule has 0 aromatic rings. The Morgan fingerprint density at radius 2 is 2.25 bits per heavy atom. The summed E-state index contributed by atoms with van der Waals surface area (Å²) in [7, 11) is 0. The second kappa shape index (κ2) is 2.35. The zero-order valence-corrected chi connectivity index (χ0v) is 5.85. The molecule has 43 valence electrons. The zero-order valence-electron chi connectivity index (χ0n) is 4.26. The van der Waals surface area contributed by atoms with E-state index in [0.29, 0.717) is 5.76 Å². The molecular weight excluding hydrogens is 168 g/mol. The molecular formula is C6H6BrO. The van der Waals surface area contributed by atoms with E-state index in [1.54, 1.807) is 12.5 Å². The van der Waals surface area contributed by atoms with Gasteiger partial charge in [-0.15, -0.1) is 0 Å². The molecule has 1 nitrogen and oxygen atoms in total. The van der Waals surface area contributed by atoms with Crippen LogP contribution in [-0.2, 0) is 0 Å². The summed E-state index contributed by atoms with van der Waals surface area (Å²) in [5, 5.41) is 8.77. The van der Waals surface area contributed by atoms with Crippen LogP contribution in [0.5, 0.6) is 0 Å². The van der Waals surface area contributed by atoms with Crippen LogP contribution in [-0.4, -0.2) is 5.11 Å². The Morgan fingerprint density at radius 3 is 2.62 bits per heavy atom. The second-order valence-electron chi connectivity index (χ2n) is 1.61. The van der Waals surface area contributed by atoms with Crippen molar-refractivity contribution in [3.8, 4) is 0 Å². The van der Waals surface area contributed by atoms with Crippen LogP contribution >= 0.6 is 15.9 Å². The van der Waals surface area contributed by atoms with Crippen LogP contribution in [0.1, 0.15) is 6.42 Å². The van der Waals surface area contributed by atoms with Gasteiger partial charge in [-0.3, -0.25) is 0 Å². The van der Waals surface area contributed by atoms with Gasteiger partial charge in [0.25, 0.3) is 0 Å². The molecule has 1 aliphatic carbocycles. The third kappa shape index (κ3) is 1.37. The number of allylic oxidation sites excluding steroid dienone is 4. The standard InChI is InChI=1S/C6H6BrO/c7-5-1-3-6(8)4-2-5/h1,3-4,8H,2H2. The van der Waals surface area contributed by atoms with Crippen LogP contribution in [0, 0.1) is 6.42 Å². The molecule has 1 radical (unpaired) electrons. The Balaban J connectivity index is 2.65. The number of aliphatic hydroxyl groups is 1. The van der Waals surface area contributed by atoms with E-state index in [0.717, 1.165) is 10.9 Å². The fourth-order valence-electron chi connectivity index (χ4n) is 0.514. The Labute approximate surface area is 56.8 Å². The molecule has 0 atom stereocenters. The smallest absolute Gasteiger partial charge is 0.0964 e. The van der Waals surface area contributed by atoms with E-state index in [1.807, 2.05) is 6.08 Å². The summed E-state index contributed by atoms with van der Waals surface area (Å²) in [5.74, 6) is 0.355. The number of hydrogen-bond acceptors (Lipinski definition) is 1. The average molecular weight is 174 g/mol. The Bertz CT molecular complexity index is 129. The maximum Gasteiger partial charge on any atom is 0.0964 e. The summed E-state index contributed by atoms with van der Waals surface area (Å²) in [4.78, 5) is 0. The first-order chi connectivity index (χ1) is 3.79. The molecule has 0 aromatic carbocycles. The van der Waals surface area contributed by atoms with Crippen molar-refractivity contribution in [3.63, 3.8) is 0 Å². The second-order valence-corrected chi connectivity index (χ2v) is 2.63. The van der Waals surface area contributed by atoms with E-state index in [1.165, 1.54) is 0 Å². The lowest BCUT2D eigenvalue weighted by Gasteiger charge is -2.02. The molecule has 0 bridgehead atoms. The van der Waals surface area contributed by atoms with Crippen molar-refractivity contribution in [2.45, 2.75) is 6.42 Å². The van der Waals surface area contributed by atoms with Crippen molar-refractivity contribution in [1.29, 1.82) is 0 Å². The van der Waals surface area contributed by atoms with Gasteiger partial charge < -0.3 is 5.11 Å². The van der Waals surface area contributed by atoms with E-state index in [9.17, 15) is 0 Å². The normalized spacial score (nSPS) is 19.6. The molecule has 0 amide bonds. The summed E-state index contributed by atoms with van der Waals surface area (Å²) in [6.45, 7) is 0. The first kappa shape index (κ1) is 5.89. The van der Waals surface area contributed by atoms with Crippen LogP contribution in [0.15, 0.2) is 22.4 Å². The third-order valence-corrected chi connectivity index (χ3v) is 1.53. The van der Waals surface area contributed by atoms with Gasteiger partial charge >= 0.3 is 0 Å². The van der Waals surface area contributed by atoms with E-state index >= 15 is 0 Å².